The van der Waals surface area contributed by atoms with Crippen molar-refractivity contribution in [3.63, 3.8) is 0 Å². The number of amides is 2. The van der Waals surface area contributed by atoms with Crippen molar-refractivity contribution in [3.05, 3.63) is 11.6 Å². The van der Waals surface area contributed by atoms with Crippen LogP contribution >= 0.6 is 0 Å². The van der Waals surface area contributed by atoms with Crippen LogP contribution < -0.4 is 0 Å². The second kappa shape index (κ2) is 6.51. The molecular weight excluding hydrogens is 266 g/mol. The second-order valence-electron chi connectivity index (χ2n) is 5.35. The zero-order valence-corrected chi connectivity index (χ0v) is 12.1. The van der Waals surface area contributed by atoms with Crippen LogP contribution in [0.3, 0.4) is 0 Å². The van der Waals surface area contributed by atoms with Gasteiger partial charge in [0.2, 0.25) is 0 Å². The van der Waals surface area contributed by atoms with Crippen molar-refractivity contribution < 1.29 is 28.9 Å². The number of carbonyl (C=O) groups is 3. The van der Waals surface area contributed by atoms with Crippen LogP contribution in [0.4, 0.5) is 4.79 Å². The Labute approximate surface area is 117 Å². The summed E-state index contributed by atoms with van der Waals surface area (Å²) < 4.78 is 4.74. The van der Waals surface area contributed by atoms with Crippen molar-refractivity contribution in [2.45, 2.75) is 39.7 Å². The van der Waals surface area contributed by atoms with E-state index >= 15 is 0 Å². The molecule has 0 aromatic rings. The normalized spacial score (nSPS) is 15.4. The van der Waals surface area contributed by atoms with Crippen molar-refractivity contribution >= 4 is 18.0 Å². The summed E-state index contributed by atoms with van der Waals surface area (Å²) >= 11 is 0. The largest absolute Gasteiger partial charge is 0.540 e. The SMILES string of the molecule is CC1=CC(=O)N(CCCOC(=O)OOC(C)(C)C)C1=O. The summed E-state index contributed by atoms with van der Waals surface area (Å²) in [6.45, 7) is 6.97. The molecule has 0 bridgehead atoms. The van der Waals surface area contributed by atoms with Crippen LogP contribution in [-0.2, 0) is 24.1 Å². The Bertz CT molecular complexity index is 435. The molecular formula is C13H19NO6. The monoisotopic (exact) mass is 285 g/mol. The van der Waals surface area contributed by atoms with Gasteiger partial charge in [0.15, 0.2) is 0 Å². The van der Waals surface area contributed by atoms with E-state index in [-0.39, 0.29) is 25.0 Å². The molecule has 0 saturated heterocycles. The molecule has 0 aliphatic carbocycles. The van der Waals surface area contributed by atoms with Crippen molar-refractivity contribution in [1.82, 2.24) is 4.90 Å². The molecule has 0 radical (unpaired) electrons. The first-order chi connectivity index (χ1) is 9.20. The number of nitrogens with zero attached hydrogens (tertiary/aromatic N) is 1. The van der Waals surface area contributed by atoms with Crippen molar-refractivity contribution in [1.29, 1.82) is 0 Å². The fourth-order valence-corrected chi connectivity index (χ4v) is 1.41. The lowest BCUT2D eigenvalue weighted by molar-refractivity contribution is -0.312. The first-order valence-corrected chi connectivity index (χ1v) is 6.27. The highest BCUT2D eigenvalue weighted by molar-refractivity contribution is 6.15. The number of ether oxygens (including phenoxy) is 1. The fourth-order valence-electron chi connectivity index (χ4n) is 1.41. The molecule has 1 heterocycles. The van der Waals surface area contributed by atoms with Crippen molar-refractivity contribution in [3.8, 4) is 0 Å². The molecule has 20 heavy (non-hydrogen) atoms. The van der Waals surface area contributed by atoms with E-state index in [0.29, 0.717) is 12.0 Å². The van der Waals surface area contributed by atoms with Gasteiger partial charge in [-0.1, -0.05) is 0 Å². The van der Waals surface area contributed by atoms with Gasteiger partial charge in [0.1, 0.15) is 5.60 Å². The topological polar surface area (TPSA) is 82.1 Å². The maximum absolute atomic E-state index is 11.5. The molecule has 0 aromatic heterocycles. The first-order valence-electron chi connectivity index (χ1n) is 6.27. The molecule has 0 spiro atoms. The Morgan fingerprint density at radius 2 is 1.95 bits per heavy atom. The lowest BCUT2D eigenvalue weighted by Crippen LogP contribution is -2.32. The minimum Gasteiger partial charge on any atom is -0.432 e. The Morgan fingerprint density at radius 1 is 1.30 bits per heavy atom. The van der Waals surface area contributed by atoms with E-state index in [1.54, 1.807) is 27.7 Å². The summed E-state index contributed by atoms with van der Waals surface area (Å²) in [5.74, 6) is -0.653. The van der Waals surface area contributed by atoms with E-state index in [0.717, 1.165) is 4.90 Å². The van der Waals surface area contributed by atoms with Crippen molar-refractivity contribution in [2.75, 3.05) is 13.2 Å². The van der Waals surface area contributed by atoms with E-state index < -0.39 is 11.8 Å². The summed E-state index contributed by atoms with van der Waals surface area (Å²) in [7, 11) is 0. The van der Waals surface area contributed by atoms with Gasteiger partial charge in [-0.2, -0.15) is 4.89 Å². The summed E-state index contributed by atoms with van der Waals surface area (Å²) in [6, 6.07) is 0. The van der Waals surface area contributed by atoms with Gasteiger partial charge < -0.3 is 4.74 Å². The predicted octanol–water partition coefficient (Wildman–Crippen LogP) is 1.57. The Kier molecular flexibility index (Phi) is 5.26. The molecule has 7 nitrogen and oxygen atoms in total. The highest BCUT2D eigenvalue weighted by Gasteiger charge is 2.27. The number of carbonyl (C=O) groups excluding carboxylic acids is 3. The summed E-state index contributed by atoms with van der Waals surface area (Å²) in [6.07, 6.45) is 0.672. The summed E-state index contributed by atoms with van der Waals surface area (Å²) in [5.41, 5.74) is -0.203. The molecule has 0 N–H and O–H groups in total. The summed E-state index contributed by atoms with van der Waals surface area (Å²) in [5, 5.41) is 0. The van der Waals surface area contributed by atoms with Gasteiger partial charge >= 0.3 is 6.16 Å². The van der Waals surface area contributed by atoms with Crippen molar-refractivity contribution in [2.24, 2.45) is 0 Å². The molecule has 0 saturated carbocycles. The Morgan fingerprint density at radius 3 is 2.45 bits per heavy atom. The third-order valence-corrected chi connectivity index (χ3v) is 2.29. The number of hydrogen-bond acceptors (Lipinski definition) is 6. The number of imide groups is 1. The molecule has 1 rings (SSSR count). The third-order valence-electron chi connectivity index (χ3n) is 2.29. The van der Waals surface area contributed by atoms with E-state index in [4.69, 9.17) is 9.62 Å². The molecule has 1 aliphatic rings. The molecule has 1 aliphatic heterocycles. The van der Waals surface area contributed by atoms with Crippen LogP contribution in [0.15, 0.2) is 11.6 Å². The molecule has 0 fully saturated rings. The lowest BCUT2D eigenvalue weighted by Gasteiger charge is -2.16. The maximum atomic E-state index is 11.5. The maximum Gasteiger partial charge on any atom is 0.540 e. The average molecular weight is 285 g/mol. The average Bonchev–Trinajstić information content (AvgIpc) is 2.57. The predicted molar refractivity (Wildman–Crippen MR) is 68.4 cm³/mol. The zero-order chi connectivity index (χ0) is 15.3. The fraction of sp³-hybridized carbons (Fsp3) is 0.615. The smallest absolute Gasteiger partial charge is 0.432 e. The van der Waals surface area contributed by atoms with Crippen LogP contribution in [0.2, 0.25) is 0 Å². The van der Waals surface area contributed by atoms with Gasteiger partial charge in [-0.15, -0.1) is 0 Å². The molecule has 0 unspecified atom stereocenters. The minimum atomic E-state index is -0.951. The van der Waals surface area contributed by atoms with E-state index in [2.05, 4.69) is 4.89 Å². The van der Waals surface area contributed by atoms with E-state index in [1.165, 1.54) is 6.08 Å². The Hall–Kier alpha value is -1.89. The molecule has 0 atom stereocenters. The van der Waals surface area contributed by atoms with Crippen LogP contribution in [0, 0.1) is 0 Å². The standard InChI is InChI=1S/C13H19NO6/c1-9-8-10(15)14(11(9)16)6-5-7-18-12(17)19-20-13(2,3)4/h8H,5-7H2,1-4H3. The van der Waals surface area contributed by atoms with E-state index in [1.807, 2.05) is 0 Å². The highest BCUT2D eigenvalue weighted by atomic mass is 17.2. The third kappa shape index (κ3) is 5.00. The molecule has 7 heteroatoms. The number of rotatable bonds is 5. The highest BCUT2D eigenvalue weighted by Crippen LogP contribution is 2.12. The Balaban J connectivity index is 2.18. The lowest BCUT2D eigenvalue weighted by atomic mass is 10.2. The zero-order valence-electron chi connectivity index (χ0n) is 12.1. The van der Waals surface area contributed by atoms with Gasteiger partial charge in [-0.05, 0) is 34.1 Å². The van der Waals surface area contributed by atoms with Crippen LogP contribution in [-0.4, -0.2) is 41.6 Å². The van der Waals surface area contributed by atoms with Gasteiger partial charge in [-0.3, -0.25) is 19.4 Å². The first kappa shape index (κ1) is 16.2. The van der Waals surface area contributed by atoms with Gasteiger partial charge in [0.25, 0.3) is 11.8 Å². The van der Waals surface area contributed by atoms with Crippen LogP contribution in [0.1, 0.15) is 34.1 Å². The quantitative estimate of drug-likeness (QED) is 0.251. The van der Waals surface area contributed by atoms with E-state index in [9.17, 15) is 14.4 Å². The van der Waals surface area contributed by atoms with Crippen LogP contribution in [0.5, 0.6) is 0 Å². The van der Waals surface area contributed by atoms with Gasteiger partial charge in [0, 0.05) is 18.2 Å². The van der Waals surface area contributed by atoms with Crippen LogP contribution in [0.25, 0.3) is 0 Å². The minimum absolute atomic E-state index is 0.0302. The number of hydrogen-bond donors (Lipinski definition) is 0. The van der Waals surface area contributed by atoms with Gasteiger partial charge in [0.05, 0.1) is 6.61 Å². The molecule has 0 aromatic carbocycles. The van der Waals surface area contributed by atoms with Gasteiger partial charge in [-0.25, -0.2) is 4.79 Å². The second-order valence-corrected chi connectivity index (χ2v) is 5.35. The molecule has 2 amide bonds. The molecule has 112 valence electrons. The summed E-state index contributed by atoms with van der Waals surface area (Å²) in [4.78, 5) is 44.4.